The molecule has 1 spiro atoms. The first-order valence-electron chi connectivity index (χ1n) is 10.4. The molecule has 2 aromatic rings. The van der Waals surface area contributed by atoms with Crippen molar-refractivity contribution in [3.63, 3.8) is 0 Å². The Kier molecular flexibility index (Phi) is 4.34. The minimum Gasteiger partial charge on any atom is -0.481 e. The van der Waals surface area contributed by atoms with Gasteiger partial charge >= 0.3 is 12.1 Å². The molecule has 1 saturated heterocycles. The van der Waals surface area contributed by atoms with Gasteiger partial charge in [-0.05, 0) is 53.9 Å². The predicted molar refractivity (Wildman–Crippen MR) is 109 cm³/mol. The van der Waals surface area contributed by atoms with Crippen molar-refractivity contribution < 1.29 is 19.4 Å². The summed E-state index contributed by atoms with van der Waals surface area (Å²) in [6, 6.07) is 16.6. The number of hydrogen-bond acceptors (Lipinski definition) is 3. The van der Waals surface area contributed by atoms with Crippen LogP contribution in [0.15, 0.2) is 48.5 Å². The van der Waals surface area contributed by atoms with Crippen molar-refractivity contribution >= 4 is 12.1 Å². The lowest BCUT2D eigenvalue weighted by atomic mass is 9.67. The van der Waals surface area contributed by atoms with Crippen LogP contribution in [0.3, 0.4) is 0 Å². The molecule has 29 heavy (non-hydrogen) atoms. The molecule has 1 aliphatic heterocycles. The second-order valence-corrected chi connectivity index (χ2v) is 8.50. The Labute approximate surface area is 170 Å². The maximum absolute atomic E-state index is 13.0. The lowest BCUT2D eigenvalue weighted by molar-refractivity contribution is -0.139. The molecule has 5 heteroatoms. The third-order valence-corrected chi connectivity index (χ3v) is 7.20. The predicted octanol–water partition coefficient (Wildman–Crippen LogP) is 4.65. The van der Waals surface area contributed by atoms with E-state index in [1.54, 1.807) is 0 Å². The number of carbonyl (C=O) groups is 2. The largest absolute Gasteiger partial charge is 0.481 e. The van der Waals surface area contributed by atoms with E-state index in [1.165, 1.54) is 22.3 Å². The minimum atomic E-state index is -0.782. The number of ether oxygens (including phenoxy) is 1. The van der Waals surface area contributed by atoms with Crippen LogP contribution in [0.4, 0.5) is 4.79 Å². The van der Waals surface area contributed by atoms with Gasteiger partial charge in [-0.15, -0.1) is 0 Å². The van der Waals surface area contributed by atoms with Crippen molar-refractivity contribution in [2.24, 2.45) is 5.92 Å². The zero-order valence-electron chi connectivity index (χ0n) is 16.3. The maximum atomic E-state index is 13.0. The molecular formula is C24H25NO4. The van der Waals surface area contributed by atoms with E-state index >= 15 is 0 Å². The highest BCUT2D eigenvalue weighted by Crippen LogP contribution is 2.51. The molecule has 5 rings (SSSR count). The summed E-state index contributed by atoms with van der Waals surface area (Å²) in [6.45, 7) is 0.900. The third-order valence-electron chi connectivity index (χ3n) is 7.20. The highest BCUT2D eigenvalue weighted by atomic mass is 16.6. The van der Waals surface area contributed by atoms with Crippen LogP contribution < -0.4 is 0 Å². The third kappa shape index (κ3) is 2.83. The van der Waals surface area contributed by atoms with Gasteiger partial charge in [0.1, 0.15) is 6.61 Å². The van der Waals surface area contributed by atoms with E-state index in [1.807, 2.05) is 29.2 Å². The Morgan fingerprint density at radius 3 is 2.21 bits per heavy atom. The van der Waals surface area contributed by atoms with Crippen LogP contribution >= 0.6 is 0 Å². The number of fused-ring (bicyclic) bond motifs is 3. The van der Waals surface area contributed by atoms with Crippen LogP contribution in [-0.4, -0.2) is 40.8 Å². The average molecular weight is 391 g/mol. The van der Waals surface area contributed by atoms with Gasteiger partial charge in [-0.2, -0.15) is 0 Å². The number of hydrogen-bond donors (Lipinski definition) is 1. The molecule has 2 aromatic carbocycles. The summed E-state index contributed by atoms with van der Waals surface area (Å²) >= 11 is 0. The van der Waals surface area contributed by atoms with Gasteiger partial charge in [-0.1, -0.05) is 48.5 Å². The molecule has 1 N–H and O–H groups in total. The number of carboxylic acids is 1. The highest BCUT2D eigenvalue weighted by Gasteiger charge is 2.55. The van der Waals surface area contributed by atoms with Crippen molar-refractivity contribution in [2.45, 2.75) is 43.6 Å². The Hall–Kier alpha value is -2.82. The fourth-order valence-corrected chi connectivity index (χ4v) is 5.66. The van der Waals surface area contributed by atoms with E-state index in [2.05, 4.69) is 24.3 Å². The molecule has 5 nitrogen and oxygen atoms in total. The van der Waals surface area contributed by atoms with E-state index in [4.69, 9.17) is 4.74 Å². The summed E-state index contributed by atoms with van der Waals surface area (Å²) in [5, 5.41) is 9.25. The van der Waals surface area contributed by atoms with E-state index < -0.39 is 5.97 Å². The number of likely N-dealkylation sites (tertiary alicyclic amines) is 1. The lowest BCUT2D eigenvalue weighted by Crippen LogP contribution is -2.56. The van der Waals surface area contributed by atoms with Gasteiger partial charge in [0.25, 0.3) is 0 Å². The topological polar surface area (TPSA) is 66.8 Å². The number of benzene rings is 2. The fourth-order valence-electron chi connectivity index (χ4n) is 5.66. The van der Waals surface area contributed by atoms with E-state index in [0.29, 0.717) is 13.2 Å². The molecule has 1 amide bonds. The maximum Gasteiger partial charge on any atom is 0.410 e. The summed E-state index contributed by atoms with van der Waals surface area (Å²) in [4.78, 5) is 26.1. The zero-order chi connectivity index (χ0) is 20.0. The normalized spacial score (nSPS) is 21.5. The van der Waals surface area contributed by atoms with Crippen LogP contribution in [0.5, 0.6) is 0 Å². The summed E-state index contributed by atoms with van der Waals surface area (Å²) in [6.07, 6.45) is 3.40. The first-order chi connectivity index (χ1) is 14.1. The van der Waals surface area contributed by atoms with Crippen LogP contribution in [0.2, 0.25) is 0 Å². The van der Waals surface area contributed by atoms with Crippen LogP contribution in [-0.2, 0) is 9.53 Å². The molecule has 2 aliphatic carbocycles. The highest BCUT2D eigenvalue weighted by molar-refractivity contribution is 5.79. The number of rotatable bonds is 4. The summed E-state index contributed by atoms with van der Waals surface area (Å²) in [5.74, 6) is -0.703. The van der Waals surface area contributed by atoms with Crippen molar-refractivity contribution in [1.29, 1.82) is 0 Å². The Bertz CT molecular complexity index is 919. The number of carbonyl (C=O) groups excluding carboxylic acids is 1. The van der Waals surface area contributed by atoms with Gasteiger partial charge in [0, 0.05) is 18.0 Å². The monoisotopic (exact) mass is 391 g/mol. The van der Waals surface area contributed by atoms with Crippen molar-refractivity contribution in [2.75, 3.05) is 13.2 Å². The Balaban J connectivity index is 1.33. The number of amides is 1. The first-order valence-corrected chi connectivity index (χ1v) is 10.4. The minimum absolute atomic E-state index is 0.0363. The number of nitrogens with zero attached hydrogens (tertiary/aromatic N) is 1. The van der Waals surface area contributed by atoms with Gasteiger partial charge in [-0.3, -0.25) is 4.79 Å². The second kappa shape index (κ2) is 6.90. The van der Waals surface area contributed by atoms with Crippen molar-refractivity contribution in [3.8, 4) is 11.1 Å². The van der Waals surface area contributed by atoms with Crippen LogP contribution in [0.1, 0.15) is 49.1 Å². The smallest absolute Gasteiger partial charge is 0.410 e. The van der Waals surface area contributed by atoms with Gasteiger partial charge in [0.15, 0.2) is 0 Å². The van der Waals surface area contributed by atoms with Crippen LogP contribution in [0, 0.1) is 5.92 Å². The first kappa shape index (κ1) is 18.2. The SMILES string of the molecule is O=C(O)CC1CCN(C(=O)OCC2c3ccccc3-c3ccccc32)C12CCC2. The average Bonchev–Trinajstić information content (AvgIpc) is 3.22. The van der Waals surface area contributed by atoms with Gasteiger partial charge in [0.2, 0.25) is 0 Å². The fraction of sp³-hybridized carbons (Fsp3) is 0.417. The van der Waals surface area contributed by atoms with E-state index in [-0.39, 0.29) is 29.9 Å². The van der Waals surface area contributed by atoms with Crippen molar-refractivity contribution in [3.05, 3.63) is 59.7 Å². The molecule has 150 valence electrons. The zero-order valence-corrected chi connectivity index (χ0v) is 16.3. The summed E-state index contributed by atoms with van der Waals surface area (Å²) < 4.78 is 5.85. The van der Waals surface area contributed by atoms with Gasteiger partial charge in [-0.25, -0.2) is 4.79 Å². The van der Waals surface area contributed by atoms with Gasteiger partial charge < -0.3 is 14.7 Å². The second-order valence-electron chi connectivity index (χ2n) is 8.50. The molecule has 0 radical (unpaired) electrons. The van der Waals surface area contributed by atoms with Crippen LogP contribution in [0.25, 0.3) is 11.1 Å². The molecule has 1 heterocycles. The molecular weight excluding hydrogens is 366 g/mol. The quantitative estimate of drug-likeness (QED) is 0.823. The van der Waals surface area contributed by atoms with E-state index in [9.17, 15) is 14.7 Å². The van der Waals surface area contributed by atoms with Crippen molar-refractivity contribution in [1.82, 2.24) is 4.90 Å². The Morgan fingerprint density at radius 2 is 1.66 bits per heavy atom. The molecule has 0 bridgehead atoms. The van der Waals surface area contributed by atoms with Gasteiger partial charge in [0.05, 0.1) is 6.42 Å². The lowest BCUT2D eigenvalue weighted by Gasteiger charge is -2.48. The molecule has 1 atom stereocenters. The summed E-state index contributed by atoms with van der Waals surface area (Å²) in [5.41, 5.74) is 4.51. The molecule has 1 saturated carbocycles. The standard InChI is InChI=1S/C24H25NO4/c26-22(27)14-16-10-13-25(24(16)11-5-12-24)23(28)29-15-21-19-8-3-1-6-17(19)18-7-2-4-9-20(18)21/h1-4,6-9,16,21H,5,10-15H2,(H,26,27). The molecule has 2 fully saturated rings. The molecule has 0 aromatic heterocycles. The molecule has 1 unspecified atom stereocenters. The number of carboxylic acid groups (broad SMARTS) is 1. The Morgan fingerprint density at radius 1 is 1.03 bits per heavy atom. The number of aliphatic carboxylic acids is 1. The molecule has 3 aliphatic rings. The summed E-state index contributed by atoms with van der Waals surface area (Å²) in [7, 11) is 0. The van der Waals surface area contributed by atoms with E-state index in [0.717, 1.165) is 25.7 Å².